The molecule has 1 atom stereocenters. The van der Waals surface area contributed by atoms with Crippen molar-refractivity contribution in [1.29, 1.82) is 0 Å². The molecule has 0 radical (unpaired) electrons. The van der Waals surface area contributed by atoms with Gasteiger partial charge in [-0.15, -0.1) is 0 Å². The van der Waals surface area contributed by atoms with Gasteiger partial charge in [0.25, 0.3) is 5.91 Å². The number of benzene rings is 2. The average molecular weight is 447 g/mol. The maximum absolute atomic E-state index is 12.8. The van der Waals surface area contributed by atoms with E-state index < -0.39 is 29.9 Å². The van der Waals surface area contributed by atoms with Gasteiger partial charge in [0.1, 0.15) is 18.0 Å². The molecule has 2 rings (SSSR count). The number of carbonyl (C=O) groups is 4. The van der Waals surface area contributed by atoms with Crippen molar-refractivity contribution >= 4 is 30.1 Å². The van der Waals surface area contributed by atoms with Gasteiger partial charge in [-0.2, -0.15) is 13.2 Å². The van der Waals surface area contributed by atoms with Gasteiger partial charge in [0.05, 0.1) is 6.54 Å². The van der Waals surface area contributed by atoms with Crippen molar-refractivity contribution in [2.75, 3.05) is 6.54 Å². The molecule has 2 aromatic carbocycles. The van der Waals surface area contributed by atoms with Crippen LogP contribution in [0.25, 0.3) is 6.08 Å². The third-order valence-corrected chi connectivity index (χ3v) is 4.12. The molecule has 0 aromatic heterocycles. The van der Waals surface area contributed by atoms with Crippen LogP contribution in [0.3, 0.4) is 0 Å². The first kappa shape index (κ1) is 24.3. The lowest BCUT2D eigenvalue weighted by Gasteiger charge is -2.20. The number of aldehydes is 1. The molecule has 0 saturated carbocycles. The summed E-state index contributed by atoms with van der Waals surface area (Å²) in [5.74, 6) is -4.14. The van der Waals surface area contributed by atoms with E-state index in [2.05, 4.69) is 10.6 Å². The van der Waals surface area contributed by atoms with Crippen molar-refractivity contribution in [2.24, 2.45) is 0 Å². The molecule has 0 unspecified atom stereocenters. The Morgan fingerprint density at radius 3 is 2.09 bits per heavy atom. The molecule has 0 fully saturated rings. The molecular weight excluding hydrogens is 427 g/mol. The van der Waals surface area contributed by atoms with E-state index in [1.54, 1.807) is 66.0 Å². The average Bonchev–Trinajstić information content (AvgIpc) is 2.77. The first-order chi connectivity index (χ1) is 15.2. The number of hydrogen-bond donors (Lipinski definition) is 3. The van der Waals surface area contributed by atoms with E-state index in [0.29, 0.717) is 17.4 Å². The molecule has 32 heavy (non-hydrogen) atoms. The zero-order valence-corrected chi connectivity index (χ0v) is 16.7. The molecule has 2 aromatic rings. The molecule has 0 spiro atoms. The Kier molecular flexibility index (Phi) is 8.70. The lowest BCUT2D eigenvalue weighted by molar-refractivity contribution is -0.174. The van der Waals surface area contributed by atoms with Crippen LogP contribution in [-0.2, 0) is 25.6 Å². The van der Waals surface area contributed by atoms with E-state index in [1.165, 1.54) is 6.08 Å². The minimum Gasteiger partial charge on any atom is -0.344 e. The minimum atomic E-state index is -5.20. The summed E-state index contributed by atoms with van der Waals surface area (Å²) in [6.07, 6.45) is -3.72. The van der Waals surface area contributed by atoms with E-state index in [0.717, 1.165) is 0 Å². The second-order valence-electron chi connectivity index (χ2n) is 6.55. The molecule has 0 aliphatic rings. The van der Waals surface area contributed by atoms with Gasteiger partial charge in [-0.1, -0.05) is 60.7 Å². The predicted octanol–water partition coefficient (Wildman–Crippen LogP) is 1.75. The molecule has 3 amide bonds. The summed E-state index contributed by atoms with van der Waals surface area (Å²) >= 11 is 0. The summed E-state index contributed by atoms with van der Waals surface area (Å²) in [5, 5.41) is 6.18. The summed E-state index contributed by atoms with van der Waals surface area (Å²) in [5.41, 5.74) is 0.708. The van der Waals surface area contributed by atoms with Crippen LogP contribution in [0.5, 0.6) is 0 Å². The first-order valence-electron chi connectivity index (χ1n) is 9.41. The number of hydrogen-bond acceptors (Lipinski definition) is 4. The fourth-order valence-electron chi connectivity index (χ4n) is 2.62. The Morgan fingerprint density at radius 1 is 0.938 bits per heavy atom. The number of carbonyl (C=O) groups excluding carboxylic acids is 4. The molecule has 0 aliphatic heterocycles. The highest BCUT2D eigenvalue weighted by Crippen LogP contribution is 2.15. The van der Waals surface area contributed by atoms with Crippen LogP contribution in [0.1, 0.15) is 11.1 Å². The monoisotopic (exact) mass is 447 g/mol. The SMILES string of the molecule is O=CCNC(=O)/C(=C\c1ccccc1)NC(=O)[C@H](Cc1ccccc1)NC(=O)C(F)(F)F. The Hall–Kier alpha value is -3.95. The number of halogens is 3. The van der Waals surface area contributed by atoms with Crippen LogP contribution in [0.2, 0.25) is 0 Å². The van der Waals surface area contributed by atoms with E-state index in [4.69, 9.17) is 0 Å². The van der Waals surface area contributed by atoms with Crippen molar-refractivity contribution in [2.45, 2.75) is 18.6 Å². The number of nitrogens with one attached hydrogen (secondary N) is 3. The lowest BCUT2D eigenvalue weighted by atomic mass is 10.0. The smallest absolute Gasteiger partial charge is 0.344 e. The van der Waals surface area contributed by atoms with Gasteiger partial charge in [-0.25, -0.2) is 0 Å². The molecule has 0 saturated heterocycles. The van der Waals surface area contributed by atoms with Crippen LogP contribution in [-0.4, -0.2) is 42.8 Å². The summed E-state index contributed by atoms with van der Waals surface area (Å²) in [7, 11) is 0. The quantitative estimate of drug-likeness (QED) is 0.402. The Labute approximate surface area is 181 Å². The molecule has 0 bridgehead atoms. The second kappa shape index (κ2) is 11.4. The van der Waals surface area contributed by atoms with Gasteiger partial charge < -0.3 is 20.7 Å². The van der Waals surface area contributed by atoms with E-state index in [9.17, 15) is 32.3 Å². The molecule has 10 heteroatoms. The third kappa shape index (κ3) is 7.71. The molecule has 3 N–H and O–H groups in total. The van der Waals surface area contributed by atoms with E-state index in [-0.39, 0.29) is 18.7 Å². The van der Waals surface area contributed by atoms with Gasteiger partial charge in [0.2, 0.25) is 5.91 Å². The summed E-state index contributed by atoms with van der Waals surface area (Å²) in [6, 6.07) is 14.8. The molecule has 168 valence electrons. The van der Waals surface area contributed by atoms with Crippen LogP contribution >= 0.6 is 0 Å². The van der Waals surface area contributed by atoms with Crippen LogP contribution in [0.4, 0.5) is 13.2 Å². The summed E-state index contributed by atoms with van der Waals surface area (Å²) in [6.45, 7) is -0.334. The maximum Gasteiger partial charge on any atom is 0.471 e. The third-order valence-electron chi connectivity index (χ3n) is 4.12. The van der Waals surface area contributed by atoms with Crippen LogP contribution < -0.4 is 16.0 Å². The van der Waals surface area contributed by atoms with Crippen molar-refractivity contribution in [3.8, 4) is 0 Å². The zero-order valence-electron chi connectivity index (χ0n) is 16.7. The second-order valence-corrected chi connectivity index (χ2v) is 6.55. The predicted molar refractivity (Wildman–Crippen MR) is 110 cm³/mol. The first-order valence-corrected chi connectivity index (χ1v) is 9.41. The zero-order chi connectivity index (χ0) is 23.6. The number of alkyl halides is 3. The van der Waals surface area contributed by atoms with E-state index >= 15 is 0 Å². The van der Waals surface area contributed by atoms with Gasteiger partial charge in [-0.05, 0) is 17.2 Å². The fourth-order valence-corrected chi connectivity index (χ4v) is 2.62. The Balaban J connectivity index is 2.30. The largest absolute Gasteiger partial charge is 0.471 e. The topological polar surface area (TPSA) is 104 Å². The van der Waals surface area contributed by atoms with Crippen molar-refractivity contribution in [3.63, 3.8) is 0 Å². The van der Waals surface area contributed by atoms with Crippen molar-refractivity contribution in [3.05, 3.63) is 77.5 Å². The lowest BCUT2D eigenvalue weighted by Crippen LogP contribution is -2.52. The highest BCUT2D eigenvalue weighted by molar-refractivity contribution is 6.03. The van der Waals surface area contributed by atoms with Crippen molar-refractivity contribution in [1.82, 2.24) is 16.0 Å². The molecular formula is C22H20F3N3O4. The maximum atomic E-state index is 12.8. The van der Waals surface area contributed by atoms with Crippen LogP contribution in [0, 0.1) is 0 Å². The minimum absolute atomic E-state index is 0.247. The Morgan fingerprint density at radius 2 is 1.53 bits per heavy atom. The van der Waals surface area contributed by atoms with Gasteiger partial charge in [-0.3, -0.25) is 14.4 Å². The highest BCUT2D eigenvalue weighted by atomic mass is 19.4. The Bertz CT molecular complexity index is 977. The fraction of sp³-hybridized carbons (Fsp3) is 0.182. The molecule has 0 heterocycles. The highest BCUT2D eigenvalue weighted by Gasteiger charge is 2.41. The van der Waals surface area contributed by atoms with Gasteiger partial charge in [0, 0.05) is 6.42 Å². The van der Waals surface area contributed by atoms with Crippen LogP contribution in [0.15, 0.2) is 66.4 Å². The number of rotatable bonds is 9. The van der Waals surface area contributed by atoms with Gasteiger partial charge >= 0.3 is 12.1 Å². The normalized spacial score (nSPS) is 12.4. The number of amides is 3. The summed E-state index contributed by atoms with van der Waals surface area (Å²) in [4.78, 5) is 47.2. The summed E-state index contributed by atoms with van der Waals surface area (Å²) < 4.78 is 38.3. The van der Waals surface area contributed by atoms with Crippen molar-refractivity contribution < 1.29 is 32.3 Å². The molecule has 7 nitrogen and oxygen atoms in total. The standard InChI is InChI=1S/C22H20F3N3O4/c23-22(24,25)21(32)28-18(14-16-9-5-2-6-10-16)20(31)27-17(19(30)26-11-12-29)13-15-7-3-1-4-8-15/h1-10,12-13,18H,11,14H2,(H,26,30)(H,27,31)(H,28,32)/b17-13+/t18-/m0/s1. The van der Waals surface area contributed by atoms with Gasteiger partial charge in [0.15, 0.2) is 0 Å². The van der Waals surface area contributed by atoms with E-state index in [1.807, 2.05) is 0 Å². The molecule has 0 aliphatic carbocycles.